The number of rotatable bonds is 7. The molecule has 0 aliphatic heterocycles. The van der Waals surface area contributed by atoms with Crippen LogP contribution in [0.4, 0.5) is 5.95 Å². The third-order valence-corrected chi connectivity index (χ3v) is 2.55. The Bertz CT molecular complexity index is 453. The average Bonchev–Trinajstić information content (AvgIpc) is 2.33. The summed E-state index contributed by atoms with van der Waals surface area (Å²) in [5.41, 5.74) is 4.56. The Hall–Kier alpha value is -1.63. The molecule has 1 aromatic rings. The van der Waals surface area contributed by atoms with Crippen molar-refractivity contribution in [3.05, 3.63) is 5.28 Å². The predicted molar refractivity (Wildman–Crippen MR) is 72.1 cm³/mol. The molecule has 106 valence electrons. The summed E-state index contributed by atoms with van der Waals surface area (Å²) >= 11 is 5.77. The van der Waals surface area contributed by atoms with Crippen LogP contribution in [-0.2, 0) is 4.79 Å². The number of hydrogen-bond acceptors (Lipinski definition) is 6. The SMILES string of the molecule is CCCOc1nc(Cl)nc(NCC(C)(C)C(N)=O)n1. The summed E-state index contributed by atoms with van der Waals surface area (Å²) in [6.45, 7) is 6.19. The van der Waals surface area contributed by atoms with Gasteiger partial charge in [0, 0.05) is 6.54 Å². The molecule has 0 spiro atoms. The number of halogens is 1. The molecule has 0 saturated heterocycles. The maximum Gasteiger partial charge on any atom is 0.322 e. The lowest BCUT2D eigenvalue weighted by molar-refractivity contribution is -0.125. The van der Waals surface area contributed by atoms with E-state index in [-0.39, 0.29) is 23.8 Å². The number of anilines is 1. The van der Waals surface area contributed by atoms with Gasteiger partial charge in [0.2, 0.25) is 17.1 Å². The van der Waals surface area contributed by atoms with Crippen molar-refractivity contribution in [2.45, 2.75) is 27.2 Å². The first kappa shape index (κ1) is 15.4. The molecule has 3 N–H and O–H groups in total. The van der Waals surface area contributed by atoms with Crippen LogP contribution in [0.5, 0.6) is 6.01 Å². The van der Waals surface area contributed by atoms with Crippen molar-refractivity contribution in [2.24, 2.45) is 11.1 Å². The van der Waals surface area contributed by atoms with Gasteiger partial charge in [-0.25, -0.2) is 0 Å². The molecule has 0 aliphatic carbocycles. The van der Waals surface area contributed by atoms with Crippen molar-refractivity contribution in [3.8, 4) is 6.01 Å². The van der Waals surface area contributed by atoms with Gasteiger partial charge in [-0.2, -0.15) is 15.0 Å². The third kappa shape index (κ3) is 4.86. The summed E-state index contributed by atoms with van der Waals surface area (Å²) in [6.07, 6.45) is 0.834. The van der Waals surface area contributed by atoms with E-state index >= 15 is 0 Å². The molecule has 0 bridgehead atoms. The molecule has 0 aliphatic rings. The maximum atomic E-state index is 11.2. The Balaban J connectivity index is 2.73. The fourth-order valence-electron chi connectivity index (χ4n) is 1.06. The second kappa shape index (κ2) is 6.51. The number of carbonyl (C=O) groups excluding carboxylic acids is 1. The molecule has 0 unspecified atom stereocenters. The van der Waals surface area contributed by atoms with E-state index in [1.54, 1.807) is 13.8 Å². The molecule has 1 aromatic heterocycles. The smallest absolute Gasteiger partial charge is 0.322 e. The zero-order valence-electron chi connectivity index (χ0n) is 11.2. The van der Waals surface area contributed by atoms with Crippen molar-refractivity contribution in [1.29, 1.82) is 0 Å². The second-order valence-corrected chi connectivity index (χ2v) is 5.00. The van der Waals surface area contributed by atoms with E-state index in [2.05, 4.69) is 20.3 Å². The largest absolute Gasteiger partial charge is 0.463 e. The lowest BCUT2D eigenvalue weighted by atomic mass is 9.93. The zero-order chi connectivity index (χ0) is 14.5. The second-order valence-electron chi connectivity index (χ2n) is 4.66. The Morgan fingerprint density at radius 1 is 1.42 bits per heavy atom. The lowest BCUT2D eigenvalue weighted by Crippen LogP contribution is -2.37. The lowest BCUT2D eigenvalue weighted by Gasteiger charge is -2.20. The first-order valence-corrected chi connectivity index (χ1v) is 6.31. The quantitative estimate of drug-likeness (QED) is 0.782. The summed E-state index contributed by atoms with van der Waals surface area (Å²) in [5.74, 6) is -0.164. The van der Waals surface area contributed by atoms with Crippen molar-refractivity contribution >= 4 is 23.5 Å². The van der Waals surface area contributed by atoms with Gasteiger partial charge in [0.25, 0.3) is 0 Å². The molecular formula is C11H18ClN5O2. The van der Waals surface area contributed by atoms with Crippen LogP contribution < -0.4 is 15.8 Å². The number of carbonyl (C=O) groups is 1. The predicted octanol–water partition coefficient (Wildman–Crippen LogP) is 1.24. The zero-order valence-corrected chi connectivity index (χ0v) is 12.0. The van der Waals surface area contributed by atoms with Gasteiger partial charge in [-0.3, -0.25) is 4.79 Å². The highest BCUT2D eigenvalue weighted by molar-refractivity contribution is 6.28. The molecule has 1 rings (SSSR count). The van der Waals surface area contributed by atoms with Crippen LogP contribution in [0.1, 0.15) is 27.2 Å². The summed E-state index contributed by atoms with van der Waals surface area (Å²) in [7, 11) is 0. The third-order valence-electron chi connectivity index (χ3n) is 2.38. The number of hydrogen-bond donors (Lipinski definition) is 2. The van der Waals surface area contributed by atoms with Crippen LogP contribution >= 0.6 is 11.6 Å². The van der Waals surface area contributed by atoms with E-state index in [9.17, 15) is 4.79 Å². The van der Waals surface area contributed by atoms with Gasteiger partial charge in [-0.05, 0) is 31.9 Å². The number of ether oxygens (including phenoxy) is 1. The van der Waals surface area contributed by atoms with Crippen LogP contribution in [0, 0.1) is 5.41 Å². The fraction of sp³-hybridized carbons (Fsp3) is 0.636. The summed E-state index contributed by atoms with van der Waals surface area (Å²) < 4.78 is 5.28. The fourth-order valence-corrected chi connectivity index (χ4v) is 1.21. The Morgan fingerprint density at radius 2 is 2.11 bits per heavy atom. The van der Waals surface area contributed by atoms with Crippen molar-refractivity contribution in [2.75, 3.05) is 18.5 Å². The minimum Gasteiger partial charge on any atom is -0.463 e. The van der Waals surface area contributed by atoms with Crippen LogP contribution in [0.3, 0.4) is 0 Å². The molecule has 7 nitrogen and oxygen atoms in total. The monoisotopic (exact) mass is 287 g/mol. The molecule has 19 heavy (non-hydrogen) atoms. The van der Waals surface area contributed by atoms with Gasteiger partial charge in [-0.15, -0.1) is 0 Å². The van der Waals surface area contributed by atoms with Gasteiger partial charge in [0.15, 0.2) is 0 Å². The van der Waals surface area contributed by atoms with Crippen LogP contribution in [0.15, 0.2) is 0 Å². The minimum absolute atomic E-state index is 0.0282. The van der Waals surface area contributed by atoms with Crippen LogP contribution in [0.2, 0.25) is 5.28 Å². The van der Waals surface area contributed by atoms with Gasteiger partial charge in [0.1, 0.15) is 0 Å². The van der Waals surface area contributed by atoms with E-state index < -0.39 is 11.3 Å². The van der Waals surface area contributed by atoms with Gasteiger partial charge in [-0.1, -0.05) is 6.92 Å². The van der Waals surface area contributed by atoms with Crippen molar-refractivity contribution < 1.29 is 9.53 Å². The van der Waals surface area contributed by atoms with E-state index in [1.807, 2.05) is 6.92 Å². The molecule has 8 heteroatoms. The Labute approximate surface area is 116 Å². The molecule has 1 heterocycles. The number of nitrogens with one attached hydrogen (secondary N) is 1. The number of primary amides is 1. The molecule has 0 saturated carbocycles. The maximum absolute atomic E-state index is 11.2. The number of nitrogens with zero attached hydrogens (tertiary/aromatic N) is 3. The topological polar surface area (TPSA) is 103 Å². The van der Waals surface area contributed by atoms with Crippen LogP contribution in [0.25, 0.3) is 0 Å². The number of amides is 1. The highest BCUT2D eigenvalue weighted by Gasteiger charge is 2.25. The first-order valence-electron chi connectivity index (χ1n) is 5.93. The normalized spacial score (nSPS) is 11.2. The van der Waals surface area contributed by atoms with Gasteiger partial charge in [0.05, 0.1) is 12.0 Å². The minimum atomic E-state index is -0.719. The van der Waals surface area contributed by atoms with E-state index in [0.717, 1.165) is 6.42 Å². The summed E-state index contributed by atoms with van der Waals surface area (Å²) in [6, 6.07) is 0.154. The number of nitrogens with two attached hydrogens (primary N) is 1. The summed E-state index contributed by atoms with van der Waals surface area (Å²) in [4.78, 5) is 23.0. The molecule has 0 fully saturated rings. The highest BCUT2D eigenvalue weighted by Crippen LogP contribution is 2.16. The molecule has 0 aromatic carbocycles. The van der Waals surface area contributed by atoms with Crippen LogP contribution in [-0.4, -0.2) is 34.0 Å². The summed E-state index contributed by atoms with van der Waals surface area (Å²) in [5, 5.41) is 2.92. The Kier molecular flexibility index (Phi) is 5.29. The number of aromatic nitrogens is 3. The van der Waals surface area contributed by atoms with Gasteiger partial charge >= 0.3 is 6.01 Å². The highest BCUT2D eigenvalue weighted by atomic mass is 35.5. The molecule has 0 radical (unpaired) electrons. The standard InChI is InChI=1S/C11H18ClN5O2/c1-4-5-19-10-16-8(12)15-9(17-10)14-6-11(2,3)7(13)18/h4-6H2,1-3H3,(H2,13,18)(H,14,15,16,17). The average molecular weight is 288 g/mol. The first-order chi connectivity index (χ1) is 8.85. The van der Waals surface area contributed by atoms with E-state index in [1.165, 1.54) is 0 Å². The van der Waals surface area contributed by atoms with Gasteiger partial charge < -0.3 is 15.8 Å². The van der Waals surface area contributed by atoms with E-state index in [4.69, 9.17) is 22.1 Å². The van der Waals surface area contributed by atoms with Crippen molar-refractivity contribution in [1.82, 2.24) is 15.0 Å². The van der Waals surface area contributed by atoms with Crippen molar-refractivity contribution in [3.63, 3.8) is 0 Å². The van der Waals surface area contributed by atoms with E-state index in [0.29, 0.717) is 6.61 Å². The molecule has 0 atom stereocenters. The molecular weight excluding hydrogens is 270 g/mol. The Morgan fingerprint density at radius 3 is 2.68 bits per heavy atom. The molecule has 1 amide bonds.